The normalized spacial score (nSPS) is 21.2. The van der Waals surface area contributed by atoms with Crippen LogP contribution in [0.1, 0.15) is 18.4 Å². The van der Waals surface area contributed by atoms with Crippen LogP contribution in [0.4, 0.5) is 5.69 Å². The molecule has 6 nitrogen and oxygen atoms in total. The summed E-state index contributed by atoms with van der Waals surface area (Å²) in [6.45, 7) is 3.82. The van der Waals surface area contributed by atoms with Crippen molar-refractivity contribution in [2.24, 2.45) is 11.7 Å². The number of piperidine rings is 1. The van der Waals surface area contributed by atoms with Crippen molar-refractivity contribution in [3.63, 3.8) is 0 Å². The van der Waals surface area contributed by atoms with E-state index in [0.717, 1.165) is 29.8 Å². The van der Waals surface area contributed by atoms with Gasteiger partial charge in [0.15, 0.2) is 6.54 Å². The van der Waals surface area contributed by atoms with E-state index in [9.17, 15) is 9.59 Å². The first kappa shape index (κ1) is 16.3. The Balaban J connectivity index is 1.95. The molecule has 0 aliphatic carbocycles. The number of ether oxygens (including phenoxy) is 1. The van der Waals surface area contributed by atoms with Gasteiger partial charge in [-0.3, -0.25) is 9.59 Å². The summed E-state index contributed by atoms with van der Waals surface area (Å²) in [5.74, 6) is 0.176. The fourth-order valence-electron chi connectivity index (χ4n) is 2.90. The molecule has 22 heavy (non-hydrogen) atoms. The van der Waals surface area contributed by atoms with Crippen LogP contribution in [-0.2, 0) is 9.59 Å². The molecule has 2 rings (SSSR count). The third-order valence-electron chi connectivity index (χ3n) is 4.06. The summed E-state index contributed by atoms with van der Waals surface area (Å²) in [5.41, 5.74) is 7.10. The zero-order valence-electron chi connectivity index (χ0n) is 13.1. The van der Waals surface area contributed by atoms with Crippen molar-refractivity contribution in [2.75, 3.05) is 32.1 Å². The lowest BCUT2D eigenvalue weighted by atomic mass is 9.97. The van der Waals surface area contributed by atoms with E-state index in [1.807, 2.05) is 25.1 Å². The van der Waals surface area contributed by atoms with Gasteiger partial charge in [-0.25, -0.2) is 0 Å². The summed E-state index contributed by atoms with van der Waals surface area (Å²) in [5, 5.41) is 2.89. The van der Waals surface area contributed by atoms with Crippen LogP contribution in [0.3, 0.4) is 0 Å². The molecule has 0 radical (unpaired) electrons. The number of primary amides is 1. The lowest BCUT2D eigenvalue weighted by Gasteiger charge is -2.27. The van der Waals surface area contributed by atoms with Crippen LogP contribution in [0.15, 0.2) is 18.2 Å². The van der Waals surface area contributed by atoms with Crippen molar-refractivity contribution in [1.29, 1.82) is 0 Å². The second kappa shape index (κ2) is 7.26. The SMILES string of the molecule is COc1ccc(C)cc1NC(=O)C[NH+]1CCC[C@H](C(N)=O)C1. The van der Waals surface area contributed by atoms with Gasteiger partial charge in [0, 0.05) is 0 Å². The van der Waals surface area contributed by atoms with Crippen LogP contribution >= 0.6 is 0 Å². The van der Waals surface area contributed by atoms with E-state index in [0.29, 0.717) is 24.5 Å². The van der Waals surface area contributed by atoms with Crippen molar-refractivity contribution >= 4 is 17.5 Å². The Labute approximate surface area is 130 Å². The number of likely N-dealkylation sites (tertiary alicyclic amines) is 1. The maximum absolute atomic E-state index is 12.2. The average molecular weight is 306 g/mol. The molecular formula is C16H24N3O3+. The molecule has 0 bridgehead atoms. The highest BCUT2D eigenvalue weighted by atomic mass is 16.5. The summed E-state index contributed by atoms with van der Waals surface area (Å²) in [7, 11) is 1.58. The molecule has 2 amide bonds. The molecule has 1 unspecified atom stereocenters. The molecule has 0 spiro atoms. The Morgan fingerprint density at radius 3 is 2.91 bits per heavy atom. The van der Waals surface area contributed by atoms with Gasteiger partial charge in [-0.2, -0.15) is 0 Å². The van der Waals surface area contributed by atoms with Crippen LogP contribution in [0, 0.1) is 12.8 Å². The standard InChI is InChI=1S/C16H23N3O3/c1-11-5-6-14(22-2)13(8-11)18-15(20)10-19-7-3-4-12(9-19)16(17)21/h5-6,8,12H,3-4,7,9-10H2,1-2H3,(H2,17,21)(H,18,20)/p+1/t12-/m0/s1. The molecule has 1 aromatic carbocycles. The third kappa shape index (κ3) is 4.21. The Bertz CT molecular complexity index is 560. The number of hydrogen-bond acceptors (Lipinski definition) is 3. The molecule has 1 saturated heterocycles. The molecule has 1 aliphatic rings. The number of aryl methyl sites for hydroxylation is 1. The summed E-state index contributed by atoms with van der Waals surface area (Å²) in [6, 6.07) is 5.65. The second-order valence-corrected chi connectivity index (χ2v) is 5.87. The molecule has 120 valence electrons. The fraction of sp³-hybridized carbons (Fsp3) is 0.500. The van der Waals surface area contributed by atoms with Crippen LogP contribution < -0.4 is 20.7 Å². The summed E-state index contributed by atoms with van der Waals surface area (Å²) >= 11 is 0. The smallest absolute Gasteiger partial charge is 0.279 e. The van der Waals surface area contributed by atoms with Gasteiger partial charge in [0.2, 0.25) is 5.91 Å². The zero-order valence-corrected chi connectivity index (χ0v) is 13.1. The minimum atomic E-state index is -0.266. The Kier molecular flexibility index (Phi) is 5.38. The number of benzene rings is 1. The monoisotopic (exact) mass is 306 g/mol. The van der Waals surface area contributed by atoms with Gasteiger partial charge >= 0.3 is 0 Å². The molecule has 0 saturated carbocycles. The Hall–Kier alpha value is -2.08. The summed E-state index contributed by atoms with van der Waals surface area (Å²) in [6.07, 6.45) is 1.75. The third-order valence-corrected chi connectivity index (χ3v) is 4.06. The van der Waals surface area contributed by atoms with E-state index in [2.05, 4.69) is 5.32 Å². The summed E-state index contributed by atoms with van der Waals surface area (Å²) < 4.78 is 5.26. The average Bonchev–Trinajstić information content (AvgIpc) is 2.47. The highest BCUT2D eigenvalue weighted by Crippen LogP contribution is 2.24. The number of nitrogens with two attached hydrogens (primary N) is 1. The minimum absolute atomic E-state index is 0.0796. The van der Waals surface area contributed by atoms with Gasteiger partial charge in [0.1, 0.15) is 5.75 Å². The maximum atomic E-state index is 12.2. The van der Waals surface area contributed by atoms with E-state index in [4.69, 9.17) is 10.5 Å². The summed E-state index contributed by atoms with van der Waals surface area (Å²) in [4.78, 5) is 24.6. The first-order chi connectivity index (χ1) is 10.5. The number of anilines is 1. The molecule has 2 atom stereocenters. The number of methoxy groups -OCH3 is 1. The van der Waals surface area contributed by atoms with Crippen LogP contribution in [0.25, 0.3) is 0 Å². The van der Waals surface area contributed by atoms with Crippen molar-refractivity contribution in [2.45, 2.75) is 19.8 Å². The van der Waals surface area contributed by atoms with Crippen LogP contribution in [0.5, 0.6) is 5.75 Å². The van der Waals surface area contributed by atoms with Crippen LogP contribution in [-0.4, -0.2) is 38.6 Å². The molecule has 1 aliphatic heterocycles. The Morgan fingerprint density at radius 2 is 2.23 bits per heavy atom. The van der Waals surface area contributed by atoms with Crippen molar-refractivity contribution in [3.05, 3.63) is 23.8 Å². The van der Waals surface area contributed by atoms with Crippen molar-refractivity contribution in [3.8, 4) is 5.75 Å². The predicted octanol–water partition coefficient (Wildman–Crippen LogP) is -0.278. The van der Waals surface area contributed by atoms with Crippen molar-refractivity contribution in [1.82, 2.24) is 0 Å². The molecule has 1 fully saturated rings. The van der Waals surface area contributed by atoms with Gasteiger partial charge in [0.25, 0.3) is 5.91 Å². The van der Waals surface area contributed by atoms with Crippen LogP contribution in [0.2, 0.25) is 0 Å². The number of carbonyl (C=O) groups excluding carboxylic acids is 2. The van der Waals surface area contributed by atoms with Gasteiger partial charge in [-0.15, -0.1) is 0 Å². The quantitative estimate of drug-likeness (QED) is 0.699. The van der Waals surface area contributed by atoms with E-state index in [-0.39, 0.29) is 17.7 Å². The van der Waals surface area contributed by atoms with Crippen molar-refractivity contribution < 1.29 is 19.2 Å². The zero-order chi connectivity index (χ0) is 16.1. The topological polar surface area (TPSA) is 85.9 Å². The number of quaternary nitrogens is 1. The number of rotatable bonds is 5. The van der Waals surface area contributed by atoms with Gasteiger partial charge in [0.05, 0.1) is 31.8 Å². The number of nitrogens with one attached hydrogen (secondary N) is 2. The largest absolute Gasteiger partial charge is 0.495 e. The molecule has 6 heteroatoms. The Morgan fingerprint density at radius 1 is 1.45 bits per heavy atom. The first-order valence-corrected chi connectivity index (χ1v) is 7.57. The minimum Gasteiger partial charge on any atom is -0.495 e. The number of hydrogen-bond donors (Lipinski definition) is 3. The number of amides is 2. The highest BCUT2D eigenvalue weighted by molar-refractivity contribution is 5.93. The van der Waals surface area contributed by atoms with E-state index < -0.39 is 0 Å². The molecule has 1 heterocycles. The van der Waals surface area contributed by atoms with E-state index in [1.54, 1.807) is 7.11 Å². The molecule has 0 aromatic heterocycles. The predicted molar refractivity (Wildman–Crippen MR) is 83.8 cm³/mol. The van der Waals surface area contributed by atoms with E-state index >= 15 is 0 Å². The lowest BCUT2D eigenvalue weighted by Crippen LogP contribution is -3.14. The molecule has 1 aromatic rings. The van der Waals surface area contributed by atoms with Gasteiger partial charge in [-0.1, -0.05) is 6.07 Å². The van der Waals surface area contributed by atoms with Gasteiger partial charge < -0.3 is 20.7 Å². The second-order valence-electron chi connectivity index (χ2n) is 5.87. The maximum Gasteiger partial charge on any atom is 0.279 e. The van der Waals surface area contributed by atoms with E-state index in [1.165, 1.54) is 0 Å². The number of carbonyl (C=O) groups is 2. The molecule has 4 N–H and O–H groups in total. The highest BCUT2D eigenvalue weighted by Gasteiger charge is 2.28. The fourth-order valence-corrected chi connectivity index (χ4v) is 2.90. The lowest BCUT2D eigenvalue weighted by molar-refractivity contribution is -0.899. The first-order valence-electron chi connectivity index (χ1n) is 7.57. The molecular weight excluding hydrogens is 282 g/mol. The van der Waals surface area contributed by atoms with Gasteiger partial charge in [-0.05, 0) is 37.5 Å².